The molecular formula is C29H43N3O7. The third-order valence-electron chi connectivity index (χ3n) is 6.24. The second-order valence-corrected chi connectivity index (χ2v) is 10.8. The first-order chi connectivity index (χ1) is 18.2. The van der Waals surface area contributed by atoms with Crippen molar-refractivity contribution in [3.63, 3.8) is 0 Å². The number of hydroxylamine groups is 1. The minimum Gasteiger partial charge on any atom is -0.442 e. The number of carbonyl (C=O) groups excluding carboxylic acids is 2. The van der Waals surface area contributed by atoms with Crippen molar-refractivity contribution >= 4 is 12.2 Å². The van der Waals surface area contributed by atoms with Crippen LogP contribution >= 0.6 is 0 Å². The number of hydrogen-bond acceptors (Lipinski definition) is 8. The van der Waals surface area contributed by atoms with Gasteiger partial charge in [0.2, 0.25) is 0 Å². The summed E-state index contributed by atoms with van der Waals surface area (Å²) in [6.45, 7) is 8.16. The van der Waals surface area contributed by atoms with Crippen molar-refractivity contribution in [2.45, 2.75) is 83.8 Å². The second kappa shape index (κ2) is 13.7. The minimum atomic E-state index is -2.53. The van der Waals surface area contributed by atoms with Gasteiger partial charge in [-0.25, -0.2) is 9.59 Å². The van der Waals surface area contributed by atoms with Gasteiger partial charge in [0.15, 0.2) is 11.4 Å². The number of unbranched alkanes of at least 4 members (excludes halogenated alkanes) is 1. The van der Waals surface area contributed by atoms with E-state index in [1.165, 1.54) is 0 Å². The predicted octanol–water partition coefficient (Wildman–Crippen LogP) is 3.86. The number of aliphatic hydroxyl groups is 3. The number of hydrogen-bond donors (Lipinski definition) is 5. The number of rotatable bonds is 11. The van der Waals surface area contributed by atoms with Gasteiger partial charge in [0, 0.05) is 19.6 Å². The van der Waals surface area contributed by atoms with Gasteiger partial charge < -0.3 is 30.6 Å². The van der Waals surface area contributed by atoms with E-state index in [-0.39, 0.29) is 19.6 Å². The van der Waals surface area contributed by atoms with Gasteiger partial charge in [-0.2, -0.15) is 0 Å². The summed E-state index contributed by atoms with van der Waals surface area (Å²) in [5, 5.41) is 30.7. The van der Waals surface area contributed by atoms with Crippen LogP contribution in [0.15, 0.2) is 48.5 Å². The van der Waals surface area contributed by atoms with E-state index in [4.69, 9.17) is 15.3 Å². The molecule has 6 N–H and O–H groups in total. The van der Waals surface area contributed by atoms with Crippen molar-refractivity contribution in [2.24, 2.45) is 5.73 Å². The number of aryl methyl sites for hydroxylation is 1. The Morgan fingerprint density at radius 1 is 1.00 bits per heavy atom. The lowest BCUT2D eigenvalue weighted by atomic mass is 9.89. The molecule has 2 rings (SSSR count). The van der Waals surface area contributed by atoms with Gasteiger partial charge in [0.1, 0.15) is 5.60 Å². The van der Waals surface area contributed by atoms with Gasteiger partial charge in [-0.15, -0.1) is 5.48 Å². The summed E-state index contributed by atoms with van der Waals surface area (Å²) in [6, 6.07) is 15.4. The highest BCUT2D eigenvalue weighted by Gasteiger charge is 2.50. The topological polar surface area (TPSA) is 155 Å². The van der Waals surface area contributed by atoms with E-state index in [0.29, 0.717) is 24.8 Å². The molecule has 0 fully saturated rings. The van der Waals surface area contributed by atoms with Crippen LogP contribution in [0.5, 0.6) is 0 Å². The Morgan fingerprint density at radius 2 is 1.64 bits per heavy atom. The summed E-state index contributed by atoms with van der Waals surface area (Å²) in [4.78, 5) is 31.0. The zero-order valence-corrected chi connectivity index (χ0v) is 23.6. The van der Waals surface area contributed by atoms with E-state index < -0.39 is 29.2 Å². The van der Waals surface area contributed by atoms with Crippen molar-refractivity contribution in [1.29, 1.82) is 0 Å². The van der Waals surface area contributed by atoms with Crippen molar-refractivity contribution in [1.82, 2.24) is 10.4 Å². The van der Waals surface area contributed by atoms with E-state index in [1.807, 2.05) is 60.9 Å². The quantitative estimate of drug-likeness (QED) is 0.211. The van der Waals surface area contributed by atoms with Crippen LogP contribution in [0.3, 0.4) is 0 Å². The normalized spacial score (nSPS) is 13.4. The summed E-state index contributed by atoms with van der Waals surface area (Å²) >= 11 is 0. The third-order valence-corrected chi connectivity index (χ3v) is 6.24. The number of nitrogens with zero attached hydrogens (tertiary/aromatic N) is 1. The summed E-state index contributed by atoms with van der Waals surface area (Å²) in [7, 11) is 0. The zero-order chi connectivity index (χ0) is 29.3. The van der Waals surface area contributed by atoms with Gasteiger partial charge >= 0.3 is 12.2 Å². The monoisotopic (exact) mass is 545 g/mol. The number of benzene rings is 2. The van der Waals surface area contributed by atoms with Crippen LogP contribution in [0.25, 0.3) is 11.1 Å². The lowest BCUT2D eigenvalue weighted by Gasteiger charge is -2.46. The smallest absolute Gasteiger partial charge is 0.441 e. The van der Waals surface area contributed by atoms with Crippen LogP contribution in [0.4, 0.5) is 9.59 Å². The maximum atomic E-state index is 13.1. The maximum Gasteiger partial charge on any atom is 0.441 e. The number of aliphatic hydroxyl groups excluding tert-OH is 1. The molecule has 2 aromatic rings. The number of carbonyl (C=O) groups is 2. The van der Waals surface area contributed by atoms with Crippen LogP contribution in [0, 0.1) is 0 Å². The molecule has 0 bridgehead atoms. The summed E-state index contributed by atoms with van der Waals surface area (Å²) < 4.78 is 5.09. The average Bonchev–Trinajstić information content (AvgIpc) is 2.85. The van der Waals surface area contributed by atoms with Gasteiger partial charge in [0.05, 0.1) is 0 Å². The number of nitrogens with two attached hydrogens (primary N) is 1. The first kappa shape index (κ1) is 32.0. The van der Waals surface area contributed by atoms with E-state index in [9.17, 15) is 24.9 Å². The van der Waals surface area contributed by atoms with E-state index in [2.05, 4.69) is 0 Å². The Kier molecular flexibility index (Phi) is 11.3. The highest BCUT2D eigenvalue weighted by molar-refractivity contribution is 5.73. The summed E-state index contributed by atoms with van der Waals surface area (Å²) in [6.07, 6.45) is 0.439. The molecule has 2 amide bonds. The molecule has 0 saturated heterocycles. The lowest BCUT2D eigenvalue weighted by Crippen LogP contribution is -2.72. The second-order valence-electron chi connectivity index (χ2n) is 10.8. The minimum absolute atomic E-state index is 0.0505. The molecule has 10 nitrogen and oxygen atoms in total. The fourth-order valence-corrected chi connectivity index (χ4v) is 4.13. The standard InChI is InChI=1S/C29H43N3O7/c1-6-7-18-32(26(35)39-31-25(34)38-27(2,3)4)29(30,28(5,36)37)20-21-14-16-23(17-15-21)24-13-9-8-11-22(24)12-10-19-33/h8-9,11,13-17,33,36-37H,6-7,10,12,18-20,30H2,1-5H3,(H,31,34). The van der Waals surface area contributed by atoms with Crippen molar-refractivity contribution in [2.75, 3.05) is 13.2 Å². The van der Waals surface area contributed by atoms with Crippen molar-refractivity contribution in [3.8, 4) is 11.1 Å². The Hall–Kier alpha value is -3.18. The van der Waals surface area contributed by atoms with E-state index >= 15 is 0 Å². The summed E-state index contributed by atoms with van der Waals surface area (Å²) in [5.41, 5.74) is 9.46. The molecule has 2 aromatic carbocycles. The molecule has 0 spiro atoms. The van der Waals surface area contributed by atoms with Crippen LogP contribution in [-0.4, -0.2) is 62.6 Å². The Morgan fingerprint density at radius 3 is 2.21 bits per heavy atom. The van der Waals surface area contributed by atoms with Crippen LogP contribution in [0.2, 0.25) is 0 Å². The van der Waals surface area contributed by atoms with Gasteiger partial charge in [-0.3, -0.25) is 4.90 Å². The molecule has 1 unspecified atom stereocenters. The third kappa shape index (κ3) is 9.21. The van der Waals surface area contributed by atoms with E-state index in [0.717, 1.165) is 34.9 Å². The Balaban J connectivity index is 2.32. The number of amides is 2. The number of ether oxygens (including phenoxy) is 1. The lowest BCUT2D eigenvalue weighted by molar-refractivity contribution is -0.231. The molecule has 0 aliphatic rings. The van der Waals surface area contributed by atoms with Crippen molar-refractivity contribution < 1.29 is 34.5 Å². The van der Waals surface area contributed by atoms with Crippen molar-refractivity contribution in [3.05, 3.63) is 59.7 Å². The van der Waals surface area contributed by atoms with Crippen LogP contribution in [-0.2, 0) is 22.4 Å². The van der Waals surface area contributed by atoms with Gasteiger partial charge in [-0.1, -0.05) is 61.9 Å². The molecule has 39 heavy (non-hydrogen) atoms. The summed E-state index contributed by atoms with van der Waals surface area (Å²) in [5.74, 6) is -2.53. The molecule has 216 valence electrons. The van der Waals surface area contributed by atoms with Gasteiger partial charge in [-0.05, 0) is 69.2 Å². The maximum absolute atomic E-state index is 13.1. The fraction of sp³-hybridized carbons (Fsp3) is 0.517. The molecule has 0 heterocycles. The molecule has 0 saturated carbocycles. The molecule has 0 radical (unpaired) electrons. The molecule has 0 aliphatic carbocycles. The molecule has 1 atom stereocenters. The highest BCUT2D eigenvalue weighted by atomic mass is 16.7. The predicted molar refractivity (Wildman–Crippen MR) is 148 cm³/mol. The first-order valence-corrected chi connectivity index (χ1v) is 13.2. The van der Waals surface area contributed by atoms with Crippen LogP contribution in [0.1, 0.15) is 65.0 Å². The van der Waals surface area contributed by atoms with Crippen LogP contribution < -0.4 is 11.2 Å². The Bertz CT molecular complexity index is 1080. The van der Waals surface area contributed by atoms with E-state index in [1.54, 1.807) is 20.8 Å². The zero-order valence-electron chi connectivity index (χ0n) is 23.6. The fourth-order valence-electron chi connectivity index (χ4n) is 4.13. The highest BCUT2D eigenvalue weighted by Crippen LogP contribution is 2.30. The molecule has 0 aromatic heterocycles. The first-order valence-electron chi connectivity index (χ1n) is 13.2. The average molecular weight is 546 g/mol. The SMILES string of the molecule is CCCCN(C(=O)ONC(=O)OC(C)(C)C)C(N)(Cc1ccc(-c2ccccc2CCCO)cc1)C(C)(O)O. The molecular weight excluding hydrogens is 502 g/mol. The molecule has 0 aliphatic heterocycles. The van der Waals surface area contributed by atoms with Gasteiger partial charge in [0.25, 0.3) is 0 Å². The Labute approximate surface area is 230 Å². The number of nitrogens with one attached hydrogen (secondary N) is 1. The largest absolute Gasteiger partial charge is 0.442 e. The molecule has 10 heteroatoms.